The van der Waals surface area contributed by atoms with E-state index < -0.39 is 11.6 Å². The van der Waals surface area contributed by atoms with Crippen molar-refractivity contribution in [3.05, 3.63) is 63.1 Å². The summed E-state index contributed by atoms with van der Waals surface area (Å²) in [6.45, 7) is 5.34. The first-order valence-electron chi connectivity index (χ1n) is 10.9. The minimum atomic E-state index is -0.569. The predicted molar refractivity (Wildman–Crippen MR) is 122 cm³/mol. The van der Waals surface area contributed by atoms with Crippen molar-refractivity contribution in [2.45, 2.75) is 33.2 Å². The minimum absolute atomic E-state index is 0.00230. The number of Topliss-reactive ketones (excluding diaryl/α,β-unsaturated/α-hetero) is 1. The zero-order valence-corrected chi connectivity index (χ0v) is 19.2. The molecule has 2 aliphatic heterocycles. The van der Waals surface area contributed by atoms with Crippen LogP contribution < -0.4 is 4.74 Å². The molecule has 2 aromatic rings. The summed E-state index contributed by atoms with van der Waals surface area (Å²) < 4.78 is 25.3. The molecule has 6 nitrogen and oxygen atoms in total. The summed E-state index contributed by atoms with van der Waals surface area (Å²) in [6.07, 6.45) is 2.85. The summed E-state index contributed by atoms with van der Waals surface area (Å²) in [5.41, 5.74) is 1.41. The third kappa shape index (κ3) is 4.61. The molecule has 0 aromatic heterocycles. The molecule has 33 heavy (non-hydrogen) atoms. The van der Waals surface area contributed by atoms with Gasteiger partial charge in [-0.15, -0.1) is 0 Å². The van der Waals surface area contributed by atoms with Crippen LogP contribution in [0.4, 0.5) is 4.39 Å². The van der Waals surface area contributed by atoms with E-state index in [4.69, 9.17) is 21.1 Å². The molecular formula is C25H25ClFNO5. The molecule has 1 N–H and O–H groups in total. The number of benzene rings is 2. The van der Waals surface area contributed by atoms with E-state index in [9.17, 15) is 19.1 Å². The van der Waals surface area contributed by atoms with Gasteiger partial charge in [0.15, 0.2) is 5.76 Å². The van der Waals surface area contributed by atoms with Gasteiger partial charge in [0.1, 0.15) is 17.3 Å². The lowest BCUT2D eigenvalue weighted by atomic mass is 9.96. The maximum atomic E-state index is 14.3. The molecule has 1 saturated heterocycles. The monoisotopic (exact) mass is 473 g/mol. The standard InChI is InChI=1S/C25H25ClFNO5/c1-3-32-25(31)15-6-5-9-28(12-15)13-17-20(29)10-14(2)22-23(30)21(33-24(17)22)11-16-18(26)7-4-8-19(16)27/h4,7-8,10-11,15,29H,3,5-6,9,12-13H2,1-2H3/b21-11-. The Morgan fingerprint density at radius 1 is 1.42 bits per heavy atom. The van der Waals surface area contributed by atoms with Gasteiger partial charge in [-0.2, -0.15) is 0 Å². The lowest BCUT2D eigenvalue weighted by molar-refractivity contribution is -0.150. The number of halogens is 2. The first-order chi connectivity index (χ1) is 15.8. The third-order valence-corrected chi connectivity index (χ3v) is 6.33. The number of piperidine rings is 1. The van der Waals surface area contributed by atoms with Crippen molar-refractivity contribution >= 4 is 29.4 Å². The van der Waals surface area contributed by atoms with E-state index in [1.165, 1.54) is 30.3 Å². The number of allylic oxidation sites excluding steroid dienone is 1. The summed E-state index contributed by atoms with van der Waals surface area (Å²) in [7, 11) is 0. The molecule has 2 aliphatic rings. The molecule has 2 aromatic carbocycles. The summed E-state index contributed by atoms with van der Waals surface area (Å²) in [5, 5.41) is 10.8. The Kier molecular flexibility index (Phi) is 6.72. The quantitative estimate of drug-likeness (QED) is 0.492. The zero-order chi connectivity index (χ0) is 23.7. The maximum absolute atomic E-state index is 14.3. The Labute approximate surface area is 196 Å². The van der Waals surface area contributed by atoms with Crippen molar-refractivity contribution < 1.29 is 28.6 Å². The van der Waals surface area contributed by atoms with Gasteiger partial charge in [-0.3, -0.25) is 14.5 Å². The fourth-order valence-corrected chi connectivity index (χ4v) is 4.61. The molecule has 0 radical (unpaired) electrons. The summed E-state index contributed by atoms with van der Waals surface area (Å²) >= 11 is 6.11. The minimum Gasteiger partial charge on any atom is -0.507 e. The van der Waals surface area contributed by atoms with Crippen LogP contribution in [0, 0.1) is 18.7 Å². The van der Waals surface area contributed by atoms with Gasteiger partial charge in [0, 0.05) is 18.7 Å². The first-order valence-corrected chi connectivity index (χ1v) is 11.3. The number of nitrogens with zero attached hydrogens (tertiary/aromatic N) is 1. The second kappa shape index (κ2) is 9.53. The number of fused-ring (bicyclic) bond motifs is 1. The van der Waals surface area contributed by atoms with Crippen LogP contribution in [-0.4, -0.2) is 41.5 Å². The van der Waals surface area contributed by atoms with Gasteiger partial charge in [0.25, 0.3) is 0 Å². The molecule has 4 rings (SSSR count). The number of carbonyl (C=O) groups is 2. The molecule has 0 spiro atoms. The maximum Gasteiger partial charge on any atom is 0.310 e. The molecule has 1 fully saturated rings. The normalized spacial score (nSPS) is 19.5. The highest BCUT2D eigenvalue weighted by atomic mass is 35.5. The molecule has 2 heterocycles. The van der Waals surface area contributed by atoms with Gasteiger partial charge in [-0.1, -0.05) is 17.7 Å². The number of hydrogen-bond donors (Lipinski definition) is 1. The zero-order valence-electron chi connectivity index (χ0n) is 18.5. The van der Waals surface area contributed by atoms with E-state index >= 15 is 0 Å². The molecule has 0 amide bonds. The number of ether oxygens (including phenoxy) is 2. The summed E-state index contributed by atoms with van der Waals surface area (Å²) in [5.74, 6) is -1.22. The van der Waals surface area contributed by atoms with Gasteiger partial charge < -0.3 is 14.6 Å². The Balaban J connectivity index is 1.64. The number of phenols is 1. The molecule has 1 unspecified atom stereocenters. The Morgan fingerprint density at radius 2 is 2.21 bits per heavy atom. The summed E-state index contributed by atoms with van der Waals surface area (Å²) in [4.78, 5) is 27.3. The molecular weight excluding hydrogens is 449 g/mol. The number of aryl methyl sites for hydroxylation is 1. The number of likely N-dealkylation sites (tertiary alicyclic amines) is 1. The van der Waals surface area contributed by atoms with Crippen LogP contribution >= 0.6 is 11.6 Å². The van der Waals surface area contributed by atoms with Crippen molar-refractivity contribution in [3.8, 4) is 11.5 Å². The van der Waals surface area contributed by atoms with Crippen molar-refractivity contribution in [2.75, 3.05) is 19.7 Å². The topological polar surface area (TPSA) is 76.1 Å². The first kappa shape index (κ1) is 23.3. The number of phenolic OH excluding ortho intramolecular Hbond substituents is 1. The average molecular weight is 474 g/mol. The number of ketones is 1. The molecule has 1 atom stereocenters. The molecule has 0 aliphatic carbocycles. The Bertz CT molecular complexity index is 1130. The van der Waals surface area contributed by atoms with E-state index in [1.807, 2.05) is 4.90 Å². The van der Waals surface area contributed by atoms with Gasteiger partial charge in [0.05, 0.1) is 28.7 Å². The van der Waals surface area contributed by atoms with E-state index in [0.717, 1.165) is 19.4 Å². The van der Waals surface area contributed by atoms with Gasteiger partial charge in [-0.25, -0.2) is 4.39 Å². The van der Waals surface area contributed by atoms with E-state index in [0.29, 0.717) is 36.4 Å². The number of aromatic hydroxyl groups is 1. The number of rotatable bonds is 5. The highest BCUT2D eigenvalue weighted by Crippen LogP contribution is 2.43. The lowest BCUT2D eigenvalue weighted by Gasteiger charge is -2.31. The van der Waals surface area contributed by atoms with E-state index in [2.05, 4.69) is 0 Å². The van der Waals surface area contributed by atoms with Crippen molar-refractivity contribution in [2.24, 2.45) is 5.92 Å². The average Bonchev–Trinajstić information content (AvgIpc) is 3.10. The SMILES string of the molecule is CCOC(=O)C1CCCN(Cc2c(O)cc(C)c3c2O/C(=C\c2c(F)cccc2Cl)C3=O)C1. The van der Waals surface area contributed by atoms with Crippen LogP contribution in [0.15, 0.2) is 30.0 Å². The van der Waals surface area contributed by atoms with Crippen molar-refractivity contribution in [1.82, 2.24) is 4.90 Å². The van der Waals surface area contributed by atoms with Crippen molar-refractivity contribution in [1.29, 1.82) is 0 Å². The second-order valence-electron chi connectivity index (χ2n) is 8.30. The summed E-state index contributed by atoms with van der Waals surface area (Å²) in [6, 6.07) is 5.79. The van der Waals surface area contributed by atoms with Gasteiger partial charge >= 0.3 is 5.97 Å². The number of carbonyl (C=O) groups excluding carboxylic acids is 2. The highest BCUT2D eigenvalue weighted by molar-refractivity contribution is 6.32. The van der Waals surface area contributed by atoms with Gasteiger partial charge in [-0.05, 0) is 63.1 Å². The molecule has 0 saturated carbocycles. The van der Waals surface area contributed by atoms with Crippen LogP contribution in [0.1, 0.15) is 46.8 Å². The highest BCUT2D eigenvalue weighted by Gasteiger charge is 2.35. The fourth-order valence-electron chi connectivity index (χ4n) is 4.39. The lowest BCUT2D eigenvalue weighted by Crippen LogP contribution is -2.39. The Hall–Kier alpha value is -2.90. The van der Waals surface area contributed by atoms with Crippen LogP contribution in [0.5, 0.6) is 11.5 Å². The largest absolute Gasteiger partial charge is 0.507 e. The third-order valence-electron chi connectivity index (χ3n) is 6.00. The number of esters is 1. The van der Waals surface area contributed by atoms with Crippen LogP contribution in [0.25, 0.3) is 6.08 Å². The van der Waals surface area contributed by atoms with Crippen LogP contribution in [0.2, 0.25) is 5.02 Å². The van der Waals surface area contributed by atoms with E-state index in [1.54, 1.807) is 13.8 Å². The predicted octanol–water partition coefficient (Wildman–Crippen LogP) is 4.88. The molecule has 8 heteroatoms. The molecule has 0 bridgehead atoms. The van der Waals surface area contributed by atoms with Crippen LogP contribution in [-0.2, 0) is 16.1 Å². The van der Waals surface area contributed by atoms with Crippen molar-refractivity contribution in [3.63, 3.8) is 0 Å². The molecule has 174 valence electrons. The van der Waals surface area contributed by atoms with Gasteiger partial charge in [0.2, 0.25) is 5.78 Å². The fraction of sp³-hybridized carbons (Fsp3) is 0.360. The smallest absolute Gasteiger partial charge is 0.310 e. The Morgan fingerprint density at radius 3 is 2.94 bits per heavy atom. The van der Waals surface area contributed by atoms with Crippen LogP contribution in [0.3, 0.4) is 0 Å². The number of hydrogen-bond acceptors (Lipinski definition) is 6. The van der Waals surface area contributed by atoms with E-state index in [-0.39, 0.29) is 39.7 Å². The second-order valence-corrected chi connectivity index (χ2v) is 8.70.